The molecule has 0 bridgehead atoms. The summed E-state index contributed by atoms with van der Waals surface area (Å²) in [7, 11) is 0. The van der Waals surface area contributed by atoms with Gasteiger partial charge in [-0.1, -0.05) is 6.07 Å². The van der Waals surface area contributed by atoms with Crippen molar-refractivity contribution in [3.8, 4) is 0 Å². The van der Waals surface area contributed by atoms with Gasteiger partial charge in [-0.2, -0.15) is 0 Å². The van der Waals surface area contributed by atoms with Crippen LogP contribution < -0.4 is 11.5 Å². The molecular weight excluding hydrogens is 180 g/mol. The summed E-state index contributed by atoms with van der Waals surface area (Å²) in [5.41, 5.74) is 12.2. The lowest BCUT2D eigenvalue weighted by molar-refractivity contribution is -0.134. The van der Waals surface area contributed by atoms with Crippen LogP contribution in [-0.2, 0) is 9.59 Å². The van der Waals surface area contributed by atoms with Gasteiger partial charge in [0.15, 0.2) is 11.6 Å². The first-order chi connectivity index (χ1) is 6.43. The lowest BCUT2D eigenvalue weighted by Gasteiger charge is -1.91. The van der Waals surface area contributed by atoms with Gasteiger partial charge in [-0.3, -0.25) is 9.59 Å². The van der Waals surface area contributed by atoms with Crippen LogP contribution in [0.15, 0.2) is 24.3 Å². The summed E-state index contributed by atoms with van der Waals surface area (Å²) in [6.45, 7) is 2.50. The largest absolute Gasteiger partial charge is 0.399 e. The van der Waals surface area contributed by atoms with E-state index in [-0.39, 0.29) is 11.6 Å². The Hall–Kier alpha value is -1.84. The molecule has 4 nitrogen and oxygen atoms in total. The van der Waals surface area contributed by atoms with Gasteiger partial charge in [-0.25, -0.2) is 0 Å². The summed E-state index contributed by atoms with van der Waals surface area (Å²) in [6, 6.07) is 7.15. The van der Waals surface area contributed by atoms with Gasteiger partial charge in [0.2, 0.25) is 0 Å². The molecule has 1 rings (SSSR count). The lowest BCUT2D eigenvalue weighted by atomic mass is 10.3. The van der Waals surface area contributed by atoms with Gasteiger partial charge in [-0.15, -0.1) is 0 Å². The summed E-state index contributed by atoms with van der Waals surface area (Å²) >= 11 is 0. The van der Waals surface area contributed by atoms with E-state index in [2.05, 4.69) is 0 Å². The number of carbonyl (C=O) groups is 2. The second-order valence-corrected chi connectivity index (χ2v) is 2.78. The van der Waals surface area contributed by atoms with Crippen LogP contribution in [0, 0.1) is 0 Å². The third kappa shape index (κ3) is 5.77. The zero-order valence-corrected chi connectivity index (χ0v) is 8.28. The van der Waals surface area contributed by atoms with E-state index in [0.717, 1.165) is 0 Å². The maximum atomic E-state index is 9.79. The van der Waals surface area contributed by atoms with Gasteiger partial charge in [-0.05, 0) is 18.2 Å². The zero-order valence-electron chi connectivity index (χ0n) is 8.28. The summed E-state index contributed by atoms with van der Waals surface area (Å²) in [5, 5.41) is 0. The molecular formula is C10H14N2O2. The molecule has 0 aliphatic carbocycles. The highest BCUT2D eigenvalue weighted by Gasteiger charge is 1.94. The molecule has 0 amide bonds. The molecule has 0 spiro atoms. The average Bonchev–Trinajstić information content (AvgIpc) is 2.04. The van der Waals surface area contributed by atoms with Crippen molar-refractivity contribution in [3.05, 3.63) is 24.3 Å². The predicted octanol–water partition coefficient (Wildman–Crippen LogP) is 1.02. The van der Waals surface area contributed by atoms with Crippen molar-refractivity contribution in [3.63, 3.8) is 0 Å². The Labute approximate surface area is 82.9 Å². The summed E-state index contributed by atoms with van der Waals surface area (Å²) in [5.74, 6) is -0.759. The minimum absolute atomic E-state index is 0.380. The molecule has 0 fully saturated rings. The third-order valence-corrected chi connectivity index (χ3v) is 1.41. The molecule has 0 saturated carbocycles. The number of carbonyl (C=O) groups excluding carboxylic acids is 2. The van der Waals surface area contributed by atoms with Gasteiger partial charge in [0, 0.05) is 25.2 Å². The molecule has 0 heterocycles. The minimum atomic E-state index is -0.380. The SMILES string of the molecule is CC(=O)C(C)=O.Nc1cccc(N)c1. The Morgan fingerprint density at radius 2 is 1.36 bits per heavy atom. The van der Waals surface area contributed by atoms with Crippen molar-refractivity contribution in [2.45, 2.75) is 13.8 Å². The molecule has 14 heavy (non-hydrogen) atoms. The molecule has 0 unspecified atom stereocenters. The topological polar surface area (TPSA) is 86.2 Å². The Kier molecular flexibility index (Phi) is 4.99. The van der Waals surface area contributed by atoms with Gasteiger partial charge in [0.1, 0.15) is 0 Å². The first-order valence-electron chi connectivity index (χ1n) is 4.06. The second-order valence-electron chi connectivity index (χ2n) is 2.78. The second kappa shape index (κ2) is 5.75. The highest BCUT2D eigenvalue weighted by atomic mass is 16.2. The number of nitrogens with two attached hydrogens (primary N) is 2. The number of anilines is 2. The normalized spacial score (nSPS) is 8.43. The standard InChI is InChI=1S/C6H8N2.C4H6O2/c7-5-2-1-3-6(8)4-5;1-3(5)4(2)6/h1-4H,7-8H2;1-2H3. The number of hydrogen-bond acceptors (Lipinski definition) is 4. The Bertz CT molecular complexity index is 305. The molecule has 0 aromatic heterocycles. The first-order valence-corrected chi connectivity index (χ1v) is 4.06. The molecule has 0 aliphatic heterocycles. The van der Waals surface area contributed by atoms with Crippen LogP contribution in [0.2, 0.25) is 0 Å². The van der Waals surface area contributed by atoms with Crippen LogP contribution in [0.1, 0.15) is 13.8 Å². The fraction of sp³-hybridized carbons (Fsp3) is 0.200. The van der Waals surface area contributed by atoms with Crippen LogP contribution in [0.25, 0.3) is 0 Å². The highest BCUT2D eigenvalue weighted by molar-refractivity contribution is 6.35. The predicted molar refractivity (Wildman–Crippen MR) is 56.6 cm³/mol. The monoisotopic (exact) mass is 194 g/mol. The van der Waals surface area contributed by atoms with E-state index in [4.69, 9.17) is 11.5 Å². The maximum Gasteiger partial charge on any atom is 0.195 e. The smallest absolute Gasteiger partial charge is 0.195 e. The molecule has 4 N–H and O–H groups in total. The molecule has 0 aliphatic rings. The van der Waals surface area contributed by atoms with E-state index in [1.54, 1.807) is 18.2 Å². The van der Waals surface area contributed by atoms with Crippen LogP contribution >= 0.6 is 0 Å². The molecule has 1 aromatic carbocycles. The van der Waals surface area contributed by atoms with Gasteiger partial charge >= 0.3 is 0 Å². The summed E-state index contributed by atoms with van der Waals surface area (Å²) in [6.07, 6.45) is 0. The lowest BCUT2D eigenvalue weighted by Crippen LogP contribution is -2.01. The van der Waals surface area contributed by atoms with Crippen molar-refractivity contribution in [2.75, 3.05) is 11.5 Å². The third-order valence-electron chi connectivity index (χ3n) is 1.41. The number of hydrogen-bond donors (Lipinski definition) is 2. The molecule has 0 atom stereocenters. The molecule has 76 valence electrons. The Morgan fingerprint density at radius 3 is 1.50 bits per heavy atom. The minimum Gasteiger partial charge on any atom is -0.399 e. The number of nitrogen functional groups attached to an aromatic ring is 2. The number of rotatable bonds is 1. The van der Waals surface area contributed by atoms with Crippen molar-refractivity contribution in [1.29, 1.82) is 0 Å². The summed E-state index contributed by atoms with van der Waals surface area (Å²) < 4.78 is 0. The number of benzene rings is 1. The van der Waals surface area contributed by atoms with Crippen LogP contribution in [-0.4, -0.2) is 11.6 Å². The van der Waals surface area contributed by atoms with E-state index < -0.39 is 0 Å². The maximum absolute atomic E-state index is 9.79. The van der Waals surface area contributed by atoms with Crippen molar-refractivity contribution in [2.24, 2.45) is 0 Å². The van der Waals surface area contributed by atoms with Crippen LogP contribution in [0.3, 0.4) is 0 Å². The molecule has 0 saturated heterocycles. The quantitative estimate of drug-likeness (QED) is 0.516. The molecule has 1 aromatic rings. The fourth-order valence-electron chi connectivity index (χ4n) is 0.559. The van der Waals surface area contributed by atoms with Crippen molar-refractivity contribution >= 4 is 22.9 Å². The average molecular weight is 194 g/mol. The summed E-state index contributed by atoms with van der Waals surface area (Å²) in [4.78, 5) is 19.6. The van der Waals surface area contributed by atoms with Crippen LogP contribution in [0.4, 0.5) is 11.4 Å². The van der Waals surface area contributed by atoms with Crippen molar-refractivity contribution < 1.29 is 9.59 Å². The highest BCUT2D eigenvalue weighted by Crippen LogP contribution is 2.06. The van der Waals surface area contributed by atoms with Gasteiger partial charge in [0.05, 0.1) is 0 Å². The fourth-order valence-corrected chi connectivity index (χ4v) is 0.559. The van der Waals surface area contributed by atoms with Crippen molar-refractivity contribution in [1.82, 2.24) is 0 Å². The van der Waals surface area contributed by atoms with E-state index in [0.29, 0.717) is 11.4 Å². The van der Waals surface area contributed by atoms with E-state index >= 15 is 0 Å². The molecule has 4 heteroatoms. The molecule has 0 radical (unpaired) electrons. The Morgan fingerprint density at radius 1 is 1.00 bits per heavy atom. The number of Topliss-reactive ketones (excluding diaryl/α,β-unsaturated/α-hetero) is 2. The zero-order chi connectivity index (χ0) is 11.1. The van der Waals surface area contributed by atoms with E-state index in [1.807, 2.05) is 6.07 Å². The van der Waals surface area contributed by atoms with Gasteiger partial charge in [0.25, 0.3) is 0 Å². The Balaban J connectivity index is 0.000000255. The number of ketones is 2. The van der Waals surface area contributed by atoms with E-state index in [1.165, 1.54) is 13.8 Å². The first kappa shape index (κ1) is 12.2. The van der Waals surface area contributed by atoms with Crippen LogP contribution in [0.5, 0.6) is 0 Å². The van der Waals surface area contributed by atoms with E-state index in [9.17, 15) is 9.59 Å². The van der Waals surface area contributed by atoms with Gasteiger partial charge < -0.3 is 11.5 Å².